The summed E-state index contributed by atoms with van der Waals surface area (Å²) in [6.45, 7) is 0. The van der Waals surface area contributed by atoms with Crippen molar-refractivity contribution in [3.05, 3.63) is 0 Å². The van der Waals surface area contributed by atoms with E-state index < -0.39 is 8.89 Å². The number of hydrogen-bond donors (Lipinski definition) is 0. The lowest BCUT2D eigenvalue weighted by atomic mass is 11.2. The summed E-state index contributed by atoms with van der Waals surface area (Å²) in [5.41, 5.74) is 0. The van der Waals surface area contributed by atoms with Gasteiger partial charge >= 0.3 is 8.89 Å². The monoisotopic (exact) mass is 207 g/mol. The van der Waals surface area contributed by atoms with Crippen LogP contribution in [-0.2, 0) is 0 Å². The summed E-state index contributed by atoms with van der Waals surface area (Å²) in [4.78, 5) is 0. The Morgan fingerprint density at radius 3 is 0.917 bits per heavy atom. The van der Waals surface area contributed by atoms with Crippen LogP contribution in [0.15, 0.2) is 0 Å². The molecule has 6 heteroatoms. The highest BCUT2D eigenvalue weighted by Gasteiger charge is 2.44. The predicted molar refractivity (Wildman–Crippen MR) is 53.7 cm³/mol. The molecule has 0 heterocycles. The average Bonchev–Trinajstić information content (AvgIpc) is 1.84. The van der Waals surface area contributed by atoms with E-state index in [0.29, 0.717) is 0 Å². The van der Waals surface area contributed by atoms with E-state index >= 15 is 0 Å². The molecule has 0 aliphatic rings. The highest BCUT2D eigenvalue weighted by Crippen LogP contribution is 2.12. The van der Waals surface area contributed by atoms with Crippen LogP contribution in [0.4, 0.5) is 4.11 Å². The van der Waals surface area contributed by atoms with Crippen LogP contribution in [0.25, 0.3) is 0 Å². The highest BCUT2D eigenvalue weighted by molar-refractivity contribution is 6.64. The molecule has 4 radical (unpaired) electrons. The van der Waals surface area contributed by atoms with Gasteiger partial charge in [0.05, 0.1) is 0 Å². The lowest BCUT2D eigenvalue weighted by Gasteiger charge is -2.38. The van der Waals surface area contributed by atoms with Gasteiger partial charge in [-0.2, -0.15) is 0 Å². The molecule has 0 saturated heterocycles. The summed E-state index contributed by atoms with van der Waals surface area (Å²) >= 11 is 0. The molecule has 0 amide bonds. The van der Waals surface area contributed by atoms with Gasteiger partial charge in [0.1, 0.15) is 0 Å². The van der Waals surface area contributed by atoms with Crippen LogP contribution < -0.4 is 0 Å². The molecular weight excluding hydrogens is 189 g/mol. The second-order valence-corrected chi connectivity index (χ2v) is 7.03. The van der Waals surface area contributed by atoms with Crippen molar-refractivity contribution in [2.45, 2.75) is 0 Å². The molecule has 0 aromatic heterocycles. The molecule has 12 heavy (non-hydrogen) atoms. The normalized spacial score (nSPS) is 12.5. The molecule has 0 aromatic carbocycles. The maximum absolute atomic E-state index is 14.1. The molecule has 0 fully saturated rings. The van der Waals surface area contributed by atoms with Gasteiger partial charge in [-0.1, -0.05) is 0 Å². The quantitative estimate of drug-likeness (QED) is 0.465. The second-order valence-electron chi connectivity index (χ2n) is 3.24. The summed E-state index contributed by atoms with van der Waals surface area (Å²) in [5.74, 6) is 0. The minimum Gasteiger partial charge on any atom is -0.279 e. The van der Waals surface area contributed by atoms with E-state index in [0.717, 1.165) is 0 Å². The standard InChI is InChI=1S/C6H18FN3Si.Si/c1-8(2)11(7,9(3)4)10(5)6;/h1-6H3;. The second kappa shape index (κ2) is 5.08. The fraction of sp³-hybridized carbons (Fsp3) is 1.00. The minimum atomic E-state index is -2.98. The van der Waals surface area contributed by atoms with Gasteiger partial charge in [0, 0.05) is 11.0 Å². The van der Waals surface area contributed by atoms with Gasteiger partial charge in [0.15, 0.2) is 0 Å². The molecule has 0 saturated carbocycles. The molecule has 0 unspecified atom stereocenters. The van der Waals surface area contributed by atoms with Crippen LogP contribution in [-0.4, -0.2) is 75.8 Å². The first-order valence-corrected chi connectivity index (χ1v) is 5.26. The summed E-state index contributed by atoms with van der Waals surface area (Å²) in [7, 11) is 7.64. The van der Waals surface area contributed by atoms with Crippen LogP contribution in [0.3, 0.4) is 0 Å². The molecule has 3 nitrogen and oxygen atoms in total. The number of halogens is 1. The topological polar surface area (TPSA) is 9.72 Å². The molecule has 0 N–H and O–H groups in total. The van der Waals surface area contributed by atoms with Gasteiger partial charge in [0.25, 0.3) is 0 Å². The van der Waals surface area contributed by atoms with E-state index in [2.05, 4.69) is 0 Å². The van der Waals surface area contributed by atoms with Crippen LogP contribution in [0.5, 0.6) is 0 Å². The van der Waals surface area contributed by atoms with Crippen LogP contribution in [0.1, 0.15) is 0 Å². The fourth-order valence-corrected chi connectivity index (χ4v) is 3.60. The first-order chi connectivity index (χ1) is 4.83. The molecule has 0 spiro atoms. The lowest BCUT2D eigenvalue weighted by Crippen LogP contribution is -2.66. The Bertz CT molecular complexity index is 108. The van der Waals surface area contributed by atoms with Gasteiger partial charge in [-0.05, 0) is 42.3 Å². The summed E-state index contributed by atoms with van der Waals surface area (Å²) in [5, 5.41) is 0. The van der Waals surface area contributed by atoms with E-state index in [-0.39, 0.29) is 11.0 Å². The molecule has 72 valence electrons. The predicted octanol–water partition coefficient (Wildman–Crippen LogP) is -0.304. The van der Waals surface area contributed by atoms with E-state index in [1.807, 2.05) is 0 Å². The third kappa shape index (κ3) is 2.63. The Labute approximate surface area is 80.6 Å². The third-order valence-electron chi connectivity index (χ3n) is 1.71. The average molecular weight is 207 g/mol. The fourth-order valence-electron chi connectivity index (χ4n) is 1.20. The zero-order valence-corrected chi connectivity index (χ0v) is 10.7. The molecule has 0 atom stereocenters. The zero-order valence-electron chi connectivity index (χ0n) is 8.72. The SMILES string of the molecule is CN(C)[Si](F)(N(C)C)N(C)C.[Si]. The van der Waals surface area contributed by atoms with Crippen molar-refractivity contribution >= 4 is 19.9 Å². The van der Waals surface area contributed by atoms with Gasteiger partial charge in [-0.25, -0.2) is 0 Å². The van der Waals surface area contributed by atoms with Crippen molar-refractivity contribution in [2.24, 2.45) is 0 Å². The number of nitrogens with zero attached hydrogens (tertiary/aromatic N) is 3. The Morgan fingerprint density at radius 1 is 0.750 bits per heavy atom. The van der Waals surface area contributed by atoms with Crippen molar-refractivity contribution in [2.75, 3.05) is 42.3 Å². The van der Waals surface area contributed by atoms with Crippen LogP contribution >= 0.6 is 0 Å². The van der Waals surface area contributed by atoms with Gasteiger partial charge < -0.3 is 0 Å². The van der Waals surface area contributed by atoms with Gasteiger partial charge in [-0.15, -0.1) is 0 Å². The third-order valence-corrected chi connectivity index (χ3v) is 5.12. The maximum Gasteiger partial charge on any atom is 0.487 e. The summed E-state index contributed by atoms with van der Waals surface area (Å²) in [6.07, 6.45) is 0. The largest absolute Gasteiger partial charge is 0.487 e. The lowest BCUT2D eigenvalue weighted by molar-refractivity contribution is 0.308. The zero-order chi connectivity index (χ0) is 9.23. The van der Waals surface area contributed by atoms with E-state index in [9.17, 15) is 4.11 Å². The minimum absolute atomic E-state index is 0. The Kier molecular flexibility index (Phi) is 6.24. The molecule has 0 rings (SSSR count). The van der Waals surface area contributed by atoms with Crippen LogP contribution in [0, 0.1) is 0 Å². The summed E-state index contributed by atoms with van der Waals surface area (Å²) < 4.78 is 19.1. The first-order valence-electron chi connectivity index (χ1n) is 3.54. The smallest absolute Gasteiger partial charge is 0.279 e. The number of hydrogen-bond acceptors (Lipinski definition) is 3. The highest BCUT2D eigenvalue weighted by atomic mass is 28.4. The van der Waals surface area contributed by atoms with Gasteiger partial charge in [-0.3, -0.25) is 17.8 Å². The van der Waals surface area contributed by atoms with Crippen molar-refractivity contribution in [3.63, 3.8) is 0 Å². The van der Waals surface area contributed by atoms with Gasteiger partial charge in [0.2, 0.25) is 0 Å². The van der Waals surface area contributed by atoms with Crippen molar-refractivity contribution in [1.29, 1.82) is 0 Å². The molecule has 0 bridgehead atoms. The van der Waals surface area contributed by atoms with Crippen molar-refractivity contribution in [3.8, 4) is 0 Å². The Balaban J connectivity index is 0. The molecule has 0 aromatic rings. The Morgan fingerprint density at radius 2 is 0.917 bits per heavy atom. The first kappa shape index (κ1) is 14.8. The molecule has 0 aliphatic carbocycles. The number of rotatable bonds is 3. The molecule has 0 aliphatic heterocycles. The Hall–Kier alpha value is 0.244. The van der Waals surface area contributed by atoms with E-state index in [1.54, 1.807) is 56.0 Å². The summed E-state index contributed by atoms with van der Waals surface area (Å²) in [6, 6.07) is 0. The van der Waals surface area contributed by atoms with E-state index in [1.165, 1.54) is 0 Å². The van der Waals surface area contributed by atoms with Crippen molar-refractivity contribution in [1.82, 2.24) is 13.7 Å². The maximum atomic E-state index is 14.1. The van der Waals surface area contributed by atoms with Crippen LogP contribution in [0.2, 0.25) is 0 Å². The van der Waals surface area contributed by atoms with E-state index in [4.69, 9.17) is 0 Å². The molecular formula is C6H18FN3Si2. The van der Waals surface area contributed by atoms with Crippen molar-refractivity contribution < 1.29 is 4.11 Å².